The lowest BCUT2D eigenvalue weighted by atomic mass is 10.1. The number of rotatable bonds is 10. The maximum absolute atomic E-state index is 13.2. The van der Waals surface area contributed by atoms with Crippen molar-refractivity contribution in [3.05, 3.63) is 86.5 Å². The number of ether oxygens (including phenoxy) is 2. The van der Waals surface area contributed by atoms with Crippen molar-refractivity contribution in [2.45, 2.75) is 38.3 Å². The average molecular weight is 547 g/mol. The third kappa shape index (κ3) is 5.59. The minimum atomic E-state index is -3.86. The van der Waals surface area contributed by atoms with Gasteiger partial charge in [-0.3, -0.25) is 9.36 Å². The maximum atomic E-state index is 13.2. The van der Waals surface area contributed by atoms with Crippen molar-refractivity contribution in [3.8, 4) is 11.5 Å². The van der Waals surface area contributed by atoms with E-state index in [1.165, 1.54) is 12.1 Å². The monoisotopic (exact) mass is 546 g/mol. The highest BCUT2D eigenvalue weighted by molar-refractivity contribution is 7.89. The van der Waals surface area contributed by atoms with E-state index in [-0.39, 0.29) is 9.77 Å². The van der Waals surface area contributed by atoms with Crippen molar-refractivity contribution < 1.29 is 17.9 Å². The molecule has 0 aliphatic carbocycles. The SMILES string of the molecule is CCOc1ccc([C@H](C)NS(=O)(=O)c2ccc3c(c2)sc(=O)n3Cc2ccccc2Cl)cc1OCC. The van der Waals surface area contributed by atoms with E-state index in [9.17, 15) is 13.2 Å². The first kappa shape index (κ1) is 26.2. The van der Waals surface area contributed by atoms with Crippen LogP contribution in [0.1, 0.15) is 37.9 Å². The zero-order valence-corrected chi connectivity index (χ0v) is 22.5. The summed E-state index contributed by atoms with van der Waals surface area (Å²) < 4.78 is 42.6. The number of halogens is 1. The van der Waals surface area contributed by atoms with E-state index in [4.69, 9.17) is 21.1 Å². The van der Waals surface area contributed by atoms with Gasteiger partial charge in [0.2, 0.25) is 10.0 Å². The lowest BCUT2D eigenvalue weighted by Gasteiger charge is -2.18. The standard InChI is InChI=1S/C26H27ClN2O5S2/c1-4-33-23-13-10-18(14-24(23)34-5-2)17(3)28-36(31,32)20-11-12-22-25(15-20)35-26(30)29(22)16-19-8-6-7-9-21(19)27/h6-15,17,28H,4-5,16H2,1-3H3/t17-/m0/s1. The van der Waals surface area contributed by atoms with Gasteiger partial charge in [-0.15, -0.1) is 0 Å². The van der Waals surface area contributed by atoms with Gasteiger partial charge in [0.1, 0.15) is 0 Å². The van der Waals surface area contributed by atoms with E-state index in [2.05, 4.69) is 4.72 Å². The van der Waals surface area contributed by atoms with Crippen LogP contribution in [0.2, 0.25) is 5.02 Å². The Morgan fingerprint density at radius 2 is 1.72 bits per heavy atom. The molecule has 1 heterocycles. The van der Waals surface area contributed by atoms with Crippen LogP contribution in [0.3, 0.4) is 0 Å². The molecular formula is C26H27ClN2O5S2. The first-order valence-electron chi connectivity index (χ1n) is 11.5. The highest BCUT2D eigenvalue weighted by Gasteiger charge is 2.21. The number of hydrogen-bond acceptors (Lipinski definition) is 6. The van der Waals surface area contributed by atoms with Gasteiger partial charge in [-0.1, -0.05) is 47.2 Å². The number of benzene rings is 3. The lowest BCUT2D eigenvalue weighted by molar-refractivity contribution is 0.287. The van der Waals surface area contributed by atoms with Gasteiger partial charge in [0, 0.05) is 11.1 Å². The number of thiazole rings is 1. The molecule has 3 aromatic carbocycles. The molecule has 10 heteroatoms. The van der Waals surface area contributed by atoms with Crippen LogP contribution in [0, 0.1) is 0 Å². The first-order chi connectivity index (χ1) is 17.2. The van der Waals surface area contributed by atoms with Crippen LogP contribution in [-0.4, -0.2) is 26.2 Å². The number of nitrogens with one attached hydrogen (secondary N) is 1. The molecule has 0 unspecified atom stereocenters. The molecule has 0 aliphatic rings. The fourth-order valence-corrected chi connectivity index (χ4v) is 6.32. The van der Waals surface area contributed by atoms with Crippen LogP contribution < -0.4 is 19.1 Å². The van der Waals surface area contributed by atoms with E-state index >= 15 is 0 Å². The minimum absolute atomic E-state index is 0.0870. The van der Waals surface area contributed by atoms with Crippen LogP contribution in [0.5, 0.6) is 11.5 Å². The summed E-state index contributed by atoms with van der Waals surface area (Å²) in [6.07, 6.45) is 0. The number of hydrogen-bond donors (Lipinski definition) is 1. The van der Waals surface area contributed by atoms with Crippen LogP contribution in [0.4, 0.5) is 0 Å². The van der Waals surface area contributed by atoms with E-state index in [1.807, 2.05) is 38.1 Å². The topological polar surface area (TPSA) is 86.6 Å². The molecule has 0 fully saturated rings. The summed E-state index contributed by atoms with van der Waals surface area (Å²) in [6.45, 7) is 6.79. The molecule has 0 radical (unpaired) electrons. The van der Waals surface area contributed by atoms with Crippen molar-refractivity contribution in [2.75, 3.05) is 13.2 Å². The second-order valence-corrected chi connectivity index (χ2v) is 11.2. The summed E-state index contributed by atoms with van der Waals surface area (Å²) in [6, 6.07) is 16.9. The number of nitrogens with zero attached hydrogens (tertiary/aromatic N) is 1. The summed E-state index contributed by atoms with van der Waals surface area (Å²) in [5.41, 5.74) is 2.21. The molecule has 1 aromatic heterocycles. The van der Waals surface area contributed by atoms with E-state index in [1.54, 1.807) is 35.8 Å². The van der Waals surface area contributed by atoms with Gasteiger partial charge in [-0.2, -0.15) is 0 Å². The smallest absolute Gasteiger partial charge is 0.308 e. The van der Waals surface area contributed by atoms with Gasteiger partial charge < -0.3 is 9.47 Å². The number of aromatic nitrogens is 1. The fraction of sp³-hybridized carbons (Fsp3) is 0.269. The molecule has 0 amide bonds. The Labute approximate surface area is 219 Å². The van der Waals surface area contributed by atoms with E-state index in [0.29, 0.717) is 46.5 Å². The normalized spacial score (nSPS) is 12.6. The zero-order chi connectivity index (χ0) is 25.9. The third-order valence-corrected chi connectivity index (χ3v) is 8.48. The third-order valence-electron chi connectivity index (χ3n) is 5.64. The van der Waals surface area contributed by atoms with Gasteiger partial charge in [0.15, 0.2) is 11.5 Å². The fourth-order valence-electron chi connectivity index (χ4n) is 3.87. The average Bonchev–Trinajstić information content (AvgIpc) is 3.15. The largest absolute Gasteiger partial charge is 0.490 e. The molecule has 0 aliphatic heterocycles. The zero-order valence-electron chi connectivity index (χ0n) is 20.2. The van der Waals surface area contributed by atoms with E-state index < -0.39 is 16.1 Å². The molecule has 0 saturated carbocycles. The summed E-state index contributed by atoms with van der Waals surface area (Å²) >= 11 is 7.27. The van der Waals surface area contributed by atoms with E-state index in [0.717, 1.165) is 22.5 Å². The van der Waals surface area contributed by atoms with Crippen LogP contribution in [0.25, 0.3) is 10.2 Å². The molecule has 0 saturated heterocycles. The number of sulfonamides is 1. The lowest BCUT2D eigenvalue weighted by Crippen LogP contribution is -2.27. The molecule has 7 nitrogen and oxygen atoms in total. The van der Waals surface area contributed by atoms with Crippen molar-refractivity contribution in [1.29, 1.82) is 0 Å². The minimum Gasteiger partial charge on any atom is -0.490 e. The number of fused-ring (bicyclic) bond motifs is 1. The second kappa shape index (κ2) is 11.0. The molecule has 0 bridgehead atoms. The van der Waals surface area contributed by atoms with Crippen molar-refractivity contribution in [1.82, 2.24) is 9.29 Å². The Balaban J connectivity index is 1.60. The highest BCUT2D eigenvalue weighted by Crippen LogP contribution is 2.31. The van der Waals surface area contributed by atoms with Crippen LogP contribution >= 0.6 is 22.9 Å². The maximum Gasteiger partial charge on any atom is 0.308 e. The summed E-state index contributed by atoms with van der Waals surface area (Å²) in [4.78, 5) is 12.6. The molecule has 4 aromatic rings. The van der Waals surface area contributed by atoms with Gasteiger partial charge in [-0.05, 0) is 68.3 Å². The Bertz CT molecular complexity index is 1550. The van der Waals surface area contributed by atoms with Gasteiger partial charge in [0.05, 0.1) is 34.9 Å². The molecule has 4 rings (SSSR count). The van der Waals surface area contributed by atoms with Crippen LogP contribution in [-0.2, 0) is 16.6 Å². The molecule has 36 heavy (non-hydrogen) atoms. The van der Waals surface area contributed by atoms with Gasteiger partial charge >= 0.3 is 4.87 Å². The van der Waals surface area contributed by atoms with Gasteiger partial charge in [-0.25, -0.2) is 13.1 Å². The van der Waals surface area contributed by atoms with Crippen molar-refractivity contribution >= 4 is 43.2 Å². The first-order valence-corrected chi connectivity index (χ1v) is 14.2. The Morgan fingerprint density at radius 1 is 1.00 bits per heavy atom. The Hall–Kier alpha value is -2.85. The van der Waals surface area contributed by atoms with Crippen molar-refractivity contribution in [2.24, 2.45) is 0 Å². The van der Waals surface area contributed by atoms with Crippen molar-refractivity contribution in [3.63, 3.8) is 0 Å². The summed E-state index contributed by atoms with van der Waals surface area (Å²) in [5.74, 6) is 1.17. The second-order valence-electron chi connectivity index (χ2n) is 8.09. The van der Waals surface area contributed by atoms with Gasteiger partial charge in [0.25, 0.3) is 0 Å². The Kier molecular flexibility index (Phi) is 8.04. The Morgan fingerprint density at radius 3 is 2.44 bits per heavy atom. The molecular weight excluding hydrogens is 520 g/mol. The predicted octanol–water partition coefficient (Wildman–Crippen LogP) is 5.60. The van der Waals surface area contributed by atoms with Crippen LogP contribution in [0.15, 0.2) is 70.4 Å². The summed E-state index contributed by atoms with van der Waals surface area (Å²) in [5, 5.41) is 0.572. The molecule has 190 valence electrons. The molecule has 0 spiro atoms. The predicted molar refractivity (Wildman–Crippen MR) is 144 cm³/mol. The quantitative estimate of drug-likeness (QED) is 0.280. The summed E-state index contributed by atoms with van der Waals surface area (Å²) in [7, 11) is -3.86. The molecule has 1 N–H and O–H groups in total. The molecule has 1 atom stereocenters. The highest BCUT2D eigenvalue weighted by atomic mass is 35.5.